The molecular weight excluding hydrogens is 280 g/mol. The predicted molar refractivity (Wildman–Crippen MR) is 81.6 cm³/mol. The van der Waals surface area contributed by atoms with E-state index in [1.165, 1.54) is 12.8 Å². The third kappa shape index (κ3) is 2.88. The molecule has 2 aromatic heterocycles. The molecule has 0 saturated carbocycles. The van der Waals surface area contributed by atoms with Crippen molar-refractivity contribution in [3.63, 3.8) is 0 Å². The summed E-state index contributed by atoms with van der Waals surface area (Å²) in [7, 11) is 1.90. The topological polar surface area (TPSA) is 88.5 Å². The molecular formula is C15H22N6O. The first-order valence-electron chi connectivity index (χ1n) is 7.85. The van der Waals surface area contributed by atoms with E-state index in [2.05, 4.69) is 25.7 Å². The Kier molecular flexibility index (Phi) is 4.22. The van der Waals surface area contributed by atoms with Gasteiger partial charge in [0.15, 0.2) is 5.69 Å². The van der Waals surface area contributed by atoms with E-state index in [0.29, 0.717) is 12.2 Å². The second-order valence-electron chi connectivity index (χ2n) is 6.00. The number of amides is 1. The number of carbonyl (C=O) groups excluding carboxylic acids is 1. The molecule has 2 N–H and O–H groups in total. The summed E-state index contributed by atoms with van der Waals surface area (Å²) in [5.41, 5.74) is 2.78. The zero-order valence-electron chi connectivity index (χ0n) is 13.1. The molecule has 118 valence electrons. The van der Waals surface area contributed by atoms with E-state index in [1.807, 2.05) is 18.5 Å². The van der Waals surface area contributed by atoms with Crippen molar-refractivity contribution in [1.82, 2.24) is 30.3 Å². The minimum absolute atomic E-state index is 0.103. The molecule has 0 fully saturated rings. The van der Waals surface area contributed by atoms with Crippen molar-refractivity contribution in [1.29, 1.82) is 0 Å². The van der Waals surface area contributed by atoms with Crippen molar-refractivity contribution in [3.8, 4) is 0 Å². The summed E-state index contributed by atoms with van der Waals surface area (Å²) in [6, 6.07) is 0. The summed E-state index contributed by atoms with van der Waals surface area (Å²) in [5, 5.41) is 18.2. The number of rotatable bonds is 4. The fourth-order valence-corrected chi connectivity index (χ4v) is 3.00. The number of fused-ring (bicyclic) bond motifs is 1. The summed E-state index contributed by atoms with van der Waals surface area (Å²) in [4.78, 5) is 12.4. The molecule has 7 nitrogen and oxygen atoms in total. The Balaban J connectivity index is 1.65. The minimum Gasteiger partial charge on any atom is -0.350 e. The number of carbonyl (C=O) groups is 1. The number of H-pyrrole nitrogens is 1. The smallest absolute Gasteiger partial charge is 0.272 e. The van der Waals surface area contributed by atoms with Gasteiger partial charge < -0.3 is 9.88 Å². The molecule has 7 heteroatoms. The summed E-state index contributed by atoms with van der Waals surface area (Å²) in [6.07, 6.45) is 7.11. The second kappa shape index (κ2) is 6.29. The second-order valence-corrected chi connectivity index (χ2v) is 6.00. The SMILES string of the molecule is C[C@H](CNC(=O)c1n[nH]c2c1CCCCC2)c1nncn1C. The monoisotopic (exact) mass is 302 g/mol. The molecule has 0 saturated heterocycles. The molecule has 2 aromatic rings. The first-order valence-corrected chi connectivity index (χ1v) is 7.85. The maximum absolute atomic E-state index is 12.4. The Bertz CT molecular complexity index is 659. The van der Waals surface area contributed by atoms with Crippen LogP contribution >= 0.6 is 0 Å². The van der Waals surface area contributed by atoms with Crippen LogP contribution in [0.2, 0.25) is 0 Å². The van der Waals surface area contributed by atoms with Crippen LogP contribution in [0.4, 0.5) is 0 Å². The van der Waals surface area contributed by atoms with E-state index in [1.54, 1.807) is 6.33 Å². The first kappa shape index (κ1) is 14.7. The average Bonchev–Trinajstić information content (AvgIpc) is 3.04. The highest BCUT2D eigenvalue weighted by Crippen LogP contribution is 2.21. The van der Waals surface area contributed by atoms with Crippen molar-refractivity contribution in [3.05, 3.63) is 29.1 Å². The van der Waals surface area contributed by atoms with Crippen LogP contribution in [0.15, 0.2) is 6.33 Å². The first-order chi connectivity index (χ1) is 10.7. The Morgan fingerprint density at radius 1 is 1.41 bits per heavy atom. The zero-order chi connectivity index (χ0) is 15.5. The third-order valence-corrected chi connectivity index (χ3v) is 4.28. The molecule has 0 aromatic carbocycles. The van der Waals surface area contributed by atoms with E-state index < -0.39 is 0 Å². The molecule has 22 heavy (non-hydrogen) atoms. The summed E-state index contributed by atoms with van der Waals surface area (Å²) < 4.78 is 1.87. The van der Waals surface area contributed by atoms with Gasteiger partial charge in [-0.15, -0.1) is 10.2 Å². The quantitative estimate of drug-likeness (QED) is 0.834. The van der Waals surface area contributed by atoms with Crippen LogP contribution in [-0.4, -0.2) is 37.4 Å². The van der Waals surface area contributed by atoms with Gasteiger partial charge in [0.1, 0.15) is 12.2 Å². The van der Waals surface area contributed by atoms with Gasteiger partial charge in [0, 0.05) is 30.8 Å². The van der Waals surface area contributed by atoms with Gasteiger partial charge in [0.2, 0.25) is 0 Å². The fraction of sp³-hybridized carbons (Fsp3) is 0.600. The van der Waals surface area contributed by atoms with Gasteiger partial charge >= 0.3 is 0 Å². The van der Waals surface area contributed by atoms with Crippen LogP contribution in [0, 0.1) is 0 Å². The van der Waals surface area contributed by atoms with Crippen LogP contribution in [0.3, 0.4) is 0 Å². The molecule has 0 bridgehead atoms. The Morgan fingerprint density at radius 3 is 3.00 bits per heavy atom. The highest BCUT2D eigenvalue weighted by Gasteiger charge is 2.21. The minimum atomic E-state index is -0.103. The molecule has 0 radical (unpaired) electrons. The molecule has 3 rings (SSSR count). The predicted octanol–water partition coefficient (Wildman–Crippen LogP) is 1.34. The van der Waals surface area contributed by atoms with Crippen LogP contribution in [0.25, 0.3) is 0 Å². The van der Waals surface area contributed by atoms with Crippen molar-refractivity contribution in [2.75, 3.05) is 6.54 Å². The molecule has 1 aliphatic carbocycles. The summed E-state index contributed by atoms with van der Waals surface area (Å²) in [6.45, 7) is 2.54. The van der Waals surface area contributed by atoms with Crippen molar-refractivity contribution in [2.24, 2.45) is 7.05 Å². The lowest BCUT2D eigenvalue weighted by Gasteiger charge is -2.11. The largest absolute Gasteiger partial charge is 0.350 e. The van der Waals surface area contributed by atoms with E-state index in [4.69, 9.17) is 0 Å². The van der Waals surface area contributed by atoms with E-state index >= 15 is 0 Å². The lowest BCUT2D eigenvalue weighted by Crippen LogP contribution is -2.29. The Labute approximate surface area is 129 Å². The zero-order valence-corrected chi connectivity index (χ0v) is 13.1. The van der Waals surface area contributed by atoms with Gasteiger partial charge in [-0.25, -0.2) is 0 Å². The molecule has 0 unspecified atom stereocenters. The molecule has 1 amide bonds. The molecule has 1 atom stereocenters. The van der Waals surface area contributed by atoms with Gasteiger partial charge in [-0.2, -0.15) is 5.10 Å². The summed E-state index contributed by atoms with van der Waals surface area (Å²) >= 11 is 0. The van der Waals surface area contributed by atoms with E-state index in [9.17, 15) is 4.79 Å². The standard InChI is InChI=1S/C15H22N6O/c1-10(14-20-17-9-21(14)2)8-16-15(22)13-11-6-4-3-5-7-12(11)18-19-13/h9-10H,3-8H2,1-2H3,(H,16,22)(H,18,19)/t10-/m1/s1. The van der Waals surface area contributed by atoms with Gasteiger partial charge in [-0.05, 0) is 25.7 Å². The van der Waals surface area contributed by atoms with Crippen LogP contribution in [-0.2, 0) is 19.9 Å². The Morgan fingerprint density at radius 2 is 2.23 bits per heavy atom. The number of aromatic amines is 1. The number of aromatic nitrogens is 5. The number of hydrogen-bond acceptors (Lipinski definition) is 4. The number of aryl methyl sites for hydroxylation is 2. The molecule has 0 aliphatic heterocycles. The molecule has 1 aliphatic rings. The van der Waals surface area contributed by atoms with Crippen molar-refractivity contribution >= 4 is 5.91 Å². The highest BCUT2D eigenvalue weighted by atomic mass is 16.1. The number of nitrogens with zero attached hydrogens (tertiary/aromatic N) is 4. The maximum Gasteiger partial charge on any atom is 0.272 e. The Hall–Kier alpha value is -2.18. The van der Waals surface area contributed by atoms with Gasteiger partial charge in [0.05, 0.1) is 0 Å². The van der Waals surface area contributed by atoms with Crippen molar-refractivity contribution < 1.29 is 4.79 Å². The van der Waals surface area contributed by atoms with Gasteiger partial charge in [0.25, 0.3) is 5.91 Å². The average molecular weight is 302 g/mol. The molecule has 2 heterocycles. The normalized spacial score (nSPS) is 15.9. The van der Waals surface area contributed by atoms with Crippen LogP contribution in [0.1, 0.15) is 59.7 Å². The lowest BCUT2D eigenvalue weighted by molar-refractivity contribution is 0.0945. The van der Waals surface area contributed by atoms with Crippen LogP contribution < -0.4 is 5.32 Å². The number of nitrogens with one attached hydrogen (secondary N) is 2. The van der Waals surface area contributed by atoms with Crippen molar-refractivity contribution in [2.45, 2.75) is 44.9 Å². The fourth-order valence-electron chi connectivity index (χ4n) is 3.00. The maximum atomic E-state index is 12.4. The summed E-state index contributed by atoms with van der Waals surface area (Å²) in [5.74, 6) is 0.864. The van der Waals surface area contributed by atoms with E-state index in [0.717, 1.165) is 36.3 Å². The number of hydrogen-bond donors (Lipinski definition) is 2. The third-order valence-electron chi connectivity index (χ3n) is 4.28. The lowest BCUT2D eigenvalue weighted by atomic mass is 10.1. The van der Waals surface area contributed by atoms with Crippen LogP contribution in [0.5, 0.6) is 0 Å². The molecule has 0 spiro atoms. The highest BCUT2D eigenvalue weighted by molar-refractivity contribution is 5.94. The van der Waals surface area contributed by atoms with Gasteiger partial charge in [-0.3, -0.25) is 9.89 Å². The van der Waals surface area contributed by atoms with E-state index in [-0.39, 0.29) is 11.8 Å². The van der Waals surface area contributed by atoms with Gasteiger partial charge in [-0.1, -0.05) is 13.3 Å².